The van der Waals surface area contributed by atoms with Crippen molar-refractivity contribution in [2.45, 2.75) is 0 Å². The van der Waals surface area contributed by atoms with Crippen molar-refractivity contribution >= 4 is 27.3 Å². The molecule has 0 saturated carbocycles. The van der Waals surface area contributed by atoms with Gasteiger partial charge in [0, 0.05) is 24.8 Å². The maximum atomic E-state index is 11.8. The van der Waals surface area contributed by atoms with Crippen LogP contribution in [0.3, 0.4) is 0 Å². The number of sulfonamides is 1. The smallest absolute Gasteiger partial charge is 0.282 e. The van der Waals surface area contributed by atoms with Crippen molar-refractivity contribution in [3.8, 4) is 0 Å². The van der Waals surface area contributed by atoms with E-state index in [9.17, 15) is 23.3 Å². The zero-order valence-electron chi connectivity index (χ0n) is 10.6. The Bertz CT molecular complexity index is 629. The number of nitrogens with two attached hydrogens (primary N) is 1. The van der Waals surface area contributed by atoms with Crippen LogP contribution in [0.2, 0.25) is 0 Å². The van der Waals surface area contributed by atoms with Gasteiger partial charge in [0.25, 0.3) is 11.6 Å². The van der Waals surface area contributed by atoms with E-state index in [0.29, 0.717) is 0 Å². The number of nitro benzene ring substituents is 1. The van der Waals surface area contributed by atoms with Crippen molar-refractivity contribution in [1.29, 1.82) is 0 Å². The topological polar surface area (TPSA) is 144 Å². The van der Waals surface area contributed by atoms with E-state index in [1.165, 1.54) is 12.1 Å². The summed E-state index contributed by atoms with van der Waals surface area (Å²) in [7, 11) is -3.34. The number of nitrogens with zero attached hydrogens (tertiary/aromatic N) is 1. The van der Waals surface area contributed by atoms with Crippen molar-refractivity contribution in [3.63, 3.8) is 0 Å². The van der Waals surface area contributed by atoms with Crippen LogP contribution >= 0.6 is 0 Å². The first-order valence-electron chi connectivity index (χ1n) is 5.47. The third kappa shape index (κ3) is 4.82. The van der Waals surface area contributed by atoms with Gasteiger partial charge >= 0.3 is 0 Å². The maximum absolute atomic E-state index is 11.8. The van der Waals surface area contributed by atoms with Gasteiger partial charge < -0.3 is 11.1 Å². The Kier molecular flexibility index (Phi) is 5.00. The van der Waals surface area contributed by atoms with Gasteiger partial charge in [-0.05, 0) is 12.1 Å². The highest BCUT2D eigenvalue weighted by Crippen LogP contribution is 2.20. The number of anilines is 1. The second-order valence-electron chi connectivity index (χ2n) is 3.96. The highest BCUT2D eigenvalue weighted by molar-refractivity contribution is 7.88. The second kappa shape index (κ2) is 6.30. The number of carbonyl (C=O) groups is 1. The third-order valence-corrected chi connectivity index (χ3v) is 2.97. The Balaban J connectivity index is 2.72. The highest BCUT2D eigenvalue weighted by Gasteiger charge is 2.19. The molecule has 0 aliphatic carbocycles. The molecule has 20 heavy (non-hydrogen) atoms. The average molecular weight is 302 g/mol. The van der Waals surface area contributed by atoms with Crippen LogP contribution in [0.1, 0.15) is 10.4 Å². The Hall–Kier alpha value is -2.20. The first-order chi connectivity index (χ1) is 9.20. The molecule has 0 bridgehead atoms. The number of hydrogen-bond donors (Lipinski definition) is 3. The average Bonchev–Trinajstić information content (AvgIpc) is 2.32. The second-order valence-corrected chi connectivity index (χ2v) is 5.79. The van der Waals surface area contributed by atoms with Gasteiger partial charge in [-0.2, -0.15) is 0 Å². The quantitative estimate of drug-likeness (QED) is 0.278. The summed E-state index contributed by atoms with van der Waals surface area (Å²) in [6.07, 6.45) is 0.984. The molecular weight excluding hydrogens is 288 g/mol. The minimum atomic E-state index is -3.34. The number of benzene rings is 1. The monoisotopic (exact) mass is 302 g/mol. The molecule has 1 amide bonds. The molecule has 0 radical (unpaired) electrons. The molecule has 0 heterocycles. The van der Waals surface area contributed by atoms with Crippen LogP contribution in [-0.4, -0.2) is 38.6 Å². The molecule has 0 saturated heterocycles. The lowest BCUT2D eigenvalue weighted by molar-refractivity contribution is -0.385. The standard InChI is InChI=1S/C10H14N4O5S/c1-20(18,19)13-5-4-12-10(15)8-6-7(11)2-3-9(8)14(16)17/h2-3,6,13H,4-5,11H2,1H3,(H,12,15). The van der Waals surface area contributed by atoms with Crippen molar-refractivity contribution in [3.05, 3.63) is 33.9 Å². The molecule has 1 rings (SSSR count). The molecule has 0 atom stereocenters. The molecule has 110 valence electrons. The largest absolute Gasteiger partial charge is 0.399 e. The van der Waals surface area contributed by atoms with E-state index in [2.05, 4.69) is 10.0 Å². The molecule has 0 aliphatic heterocycles. The summed E-state index contributed by atoms with van der Waals surface area (Å²) in [5.41, 5.74) is 5.16. The molecule has 0 aromatic heterocycles. The number of hydrogen-bond acceptors (Lipinski definition) is 6. The lowest BCUT2D eigenvalue weighted by Gasteiger charge is -2.07. The molecule has 9 nitrogen and oxygen atoms in total. The number of nitrogen functional groups attached to an aromatic ring is 1. The summed E-state index contributed by atoms with van der Waals surface area (Å²) in [6, 6.07) is 3.65. The van der Waals surface area contributed by atoms with E-state index in [1.807, 2.05) is 0 Å². The van der Waals surface area contributed by atoms with Crippen molar-refractivity contribution in [1.82, 2.24) is 10.0 Å². The molecule has 10 heteroatoms. The fourth-order valence-corrected chi connectivity index (χ4v) is 1.88. The van der Waals surface area contributed by atoms with E-state index >= 15 is 0 Å². The number of rotatable bonds is 6. The minimum absolute atomic E-state index is 0.00213. The summed E-state index contributed by atoms with van der Waals surface area (Å²) < 4.78 is 23.8. The van der Waals surface area contributed by atoms with Crippen LogP contribution in [0.4, 0.5) is 11.4 Å². The summed E-state index contributed by atoms with van der Waals surface area (Å²) in [5, 5.41) is 13.2. The number of amides is 1. The normalized spacial score (nSPS) is 11.1. The lowest BCUT2D eigenvalue weighted by atomic mass is 10.1. The van der Waals surface area contributed by atoms with Crippen LogP contribution in [0.15, 0.2) is 18.2 Å². The zero-order valence-corrected chi connectivity index (χ0v) is 11.4. The van der Waals surface area contributed by atoms with Crippen molar-refractivity contribution in [2.75, 3.05) is 25.1 Å². The van der Waals surface area contributed by atoms with Crippen molar-refractivity contribution < 1.29 is 18.1 Å². The Labute approximate surface area is 115 Å². The number of carbonyl (C=O) groups excluding carboxylic acids is 1. The van der Waals surface area contributed by atoms with Gasteiger partial charge in [-0.3, -0.25) is 14.9 Å². The van der Waals surface area contributed by atoms with Gasteiger partial charge in [0.15, 0.2) is 0 Å². The van der Waals surface area contributed by atoms with Crippen LogP contribution in [0.5, 0.6) is 0 Å². The van der Waals surface area contributed by atoms with Crippen LogP contribution in [0.25, 0.3) is 0 Å². The molecule has 1 aromatic carbocycles. The Morgan fingerprint density at radius 2 is 2.05 bits per heavy atom. The van der Waals surface area contributed by atoms with Gasteiger partial charge in [0.05, 0.1) is 11.2 Å². The van der Waals surface area contributed by atoms with Gasteiger partial charge in [0.1, 0.15) is 5.56 Å². The van der Waals surface area contributed by atoms with E-state index < -0.39 is 20.9 Å². The fraction of sp³-hybridized carbons (Fsp3) is 0.300. The molecule has 0 fully saturated rings. The van der Waals surface area contributed by atoms with Crippen LogP contribution in [0, 0.1) is 10.1 Å². The summed E-state index contributed by atoms with van der Waals surface area (Å²) in [5.74, 6) is -0.695. The van der Waals surface area contributed by atoms with Crippen LogP contribution in [-0.2, 0) is 10.0 Å². The molecule has 0 unspecified atom stereocenters. The molecule has 0 spiro atoms. The number of nitro groups is 1. The van der Waals surface area contributed by atoms with Crippen LogP contribution < -0.4 is 15.8 Å². The van der Waals surface area contributed by atoms with Crippen molar-refractivity contribution in [2.24, 2.45) is 0 Å². The Morgan fingerprint density at radius 1 is 1.40 bits per heavy atom. The van der Waals surface area contributed by atoms with E-state index in [1.54, 1.807) is 0 Å². The predicted molar refractivity (Wildman–Crippen MR) is 72.7 cm³/mol. The Morgan fingerprint density at radius 3 is 2.60 bits per heavy atom. The van der Waals surface area contributed by atoms with E-state index in [4.69, 9.17) is 5.73 Å². The molecule has 4 N–H and O–H groups in total. The van der Waals surface area contributed by atoms with Gasteiger partial charge in [0.2, 0.25) is 10.0 Å². The fourth-order valence-electron chi connectivity index (χ4n) is 1.40. The van der Waals surface area contributed by atoms with E-state index in [-0.39, 0.29) is 30.0 Å². The first kappa shape index (κ1) is 15.9. The maximum Gasteiger partial charge on any atom is 0.282 e. The van der Waals surface area contributed by atoms with E-state index in [0.717, 1.165) is 12.3 Å². The predicted octanol–water partition coefficient (Wildman–Crippen LogP) is -0.544. The van der Waals surface area contributed by atoms with Gasteiger partial charge in [-0.15, -0.1) is 0 Å². The first-order valence-corrected chi connectivity index (χ1v) is 7.36. The summed E-state index contributed by atoms with van der Waals surface area (Å²) in [4.78, 5) is 21.9. The third-order valence-electron chi connectivity index (χ3n) is 2.24. The summed E-state index contributed by atoms with van der Waals surface area (Å²) >= 11 is 0. The molecule has 0 aliphatic rings. The zero-order chi connectivity index (χ0) is 15.3. The summed E-state index contributed by atoms with van der Waals surface area (Å²) in [6.45, 7) is -0.0153. The SMILES string of the molecule is CS(=O)(=O)NCCNC(=O)c1cc(N)ccc1[N+](=O)[O-]. The number of nitrogens with one attached hydrogen (secondary N) is 2. The molecule has 1 aromatic rings. The lowest BCUT2D eigenvalue weighted by Crippen LogP contribution is -2.34. The van der Waals surface area contributed by atoms with Gasteiger partial charge in [-0.1, -0.05) is 0 Å². The minimum Gasteiger partial charge on any atom is -0.399 e. The molecular formula is C10H14N4O5S. The van der Waals surface area contributed by atoms with Gasteiger partial charge in [-0.25, -0.2) is 13.1 Å². The highest BCUT2D eigenvalue weighted by atomic mass is 32.2.